The first-order valence-corrected chi connectivity index (χ1v) is 11.2. The number of nitrogens with zero attached hydrogens (tertiary/aromatic N) is 2. The fourth-order valence-electron chi connectivity index (χ4n) is 4.05. The van der Waals surface area contributed by atoms with Gasteiger partial charge in [0.05, 0.1) is 15.7 Å². The normalized spacial score (nSPS) is 15.1. The van der Waals surface area contributed by atoms with Crippen LogP contribution >= 0.6 is 11.3 Å². The third-order valence-electron chi connectivity index (χ3n) is 5.62. The predicted molar refractivity (Wildman–Crippen MR) is 122 cm³/mol. The Morgan fingerprint density at radius 3 is 2.80 bits per heavy atom. The Morgan fingerprint density at radius 2 is 1.87 bits per heavy atom. The molecule has 1 atom stereocenters. The Hall–Kier alpha value is -2.73. The molecule has 1 aliphatic heterocycles. The van der Waals surface area contributed by atoms with Crippen molar-refractivity contribution in [2.45, 2.75) is 19.1 Å². The Bertz CT molecular complexity index is 1160. The maximum absolute atomic E-state index is 10.5. The average molecular weight is 417 g/mol. The Morgan fingerprint density at radius 1 is 1.00 bits per heavy atom. The lowest BCUT2D eigenvalue weighted by Gasteiger charge is -2.30. The second-order valence-corrected chi connectivity index (χ2v) is 8.67. The van der Waals surface area contributed by atoms with Gasteiger partial charge in [-0.3, -0.25) is 4.90 Å². The van der Waals surface area contributed by atoms with Gasteiger partial charge in [0.25, 0.3) is 0 Å². The van der Waals surface area contributed by atoms with E-state index in [4.69, 9.17) is 4.74 Å². The van der Waals surface area contributed by atoms with Gasteiger partial charge in [-0.25, -0.2) is 4.98 Å². The van der Waals surface area contributed by atoms with Gasteiger partial charge in [-0.2, -0.15) is 0 Å². The van der Waals surface area contributed by atoms with Crippen LogP contribution in [0.2, 0.25) is 0 Å². The maximum Gasteiger partial charge on any atom is 0.120 e. The molecule has 152 valence electrons. The average Bonchev–Trinajstić information content (AvgIpc) is 3.26. The molecule has 0 radical (unpaired) electrons. The number of fused-ring (bicyclic) bond motifs is 2. The Kier molecular flexibility index (Phi) is 5.49. The summed E-state index contributed by atoms with van der Waals surface area (Å²) in [6, 6.07) is 22.9. The molecule has 0 bridgehead atoms. The highest BCUT2D eigenvalue weighted by Crippen LogP contribution is 2.28. The predicted octanol–water partition coefficient (Wildman–Crippen LogP) is 4.76. The molecule has 5 rings (SSSR count). The number of rotatable bonds is 6. The molecule has 1 aromatic heterocycles. The van der Waals surface area contributed by atoms with E-state index in [1.807, 2.05) is 23.7 Å². The molecule has 1 aliphatic rings. The van der Waals surface area contributed by atoms with Crippen molar-refractivity contribution in [3.05, 3.63) is 83.4 Å². The van der Waals surface area contributed by atoms with Crippen LogP contribution in [0.4, 0.5) is 0 Å². The van der Waals surface area contributed by atoms with Crippen LogP contribution in [0.25, 0.3) is 21.3 Å². The molecule has 4 aromatic rings. The summed E-state index contributed by atoms with van der Waals surface area (Å²) in [5, 5.41) is 10.5. The quantitative estimate of drug-likeness (QED) is 0.492. The molecule has 0 aliphatic carbocycles. The van der Waals surface area contributed by atoms with E-state index in [-0.39, 0.29) is 6.61 Å². The summed E-state index contributed by atoms with van der Waals surface area (Å²) in [6.45, 7) is 2.78. The molecule has 0 amide bonds. The molecule has 0 saturated carbocycles. The Balaban J connectivity index is 1.20. The first-order chi connectivity index (χ1) is 14.7. The number of hydrogen-bond acceptors (Lipinski definition) is 5. The van der Waals surface area contributed by atoms with Gasteiger partial charge in [-0.05, 0) is 52.9 Å². The van der Waals surface area contributed by atoms with Gasteiger partial charge in [-0.1, -0.05) is 42.5 Å². The first-order valence-electron chi connectivity index (χ1n) is 10.3. The van der Waals surface area contributed by atoms with Crippen molar-refractivity contribution in [3.8, 4) is 16.9 Å². The second kappa shape index (κ2) is 8.56. The first kappa shape index (κ1) is 19.2. The summed E-state index contributed by atoms with van der Waals surface area (Å²) < 4.78 is 7.11. The third-order valence-corrected chi connectivity index (χ3v) is 6.41. The molecule has 3 aromatic carbocycles. The summed E-state index contributed by atoms with van der Waals surface area (Å²) >= 11 is 1.65. The number of hydrogen-bond donors (Lipinski definition) is 1. The fraction of sp³-hybridized carbons (Fsp3) is 0.240. The maximum atomic E-state index is 10.5. The standard InChI is InChI=1S/C25H24N2O2S/c28-22(15-27-11-10-18-4-1-2-5-21(18)14-27)16-29-23-7-3-6-19(12-23)20-8-9-24-25(13-20)30-17-26-24/h1-9,12-13,17,22,28H,10-11,14-16H2. The zero-order valence-electron chi connectivity index (χ0n) is 16.7. The highest BCUT2D eigenvalue weighted by Gasteiger charge is 2.18. The summed E-state index contributed by atoms with van der Waals surface area (Å²) in [7, 11) is 0. The highest BCUT2D eigenvalue weighted by molar-refractivity contribution is 7.16. The zero-order valence-corrected chi connectivity index (χ0v) is 17.5. The van der Waals surface area contributed by atoms with Crippen LogP contribution in [0, 0.1) is 0 Å². The van der Waals surface area contributed by atoms with E-state index in [0.29, 0.717) is 6.54 Å². The van der Waals surface area contributed by atoms with Crippen LogP contribution in [0.5, 0.6) is 5.75 Å². The number of β-amino-alcohol motifs (C(OH)–C–C–N with tert-alkyl or cyclic N) is 1. The van der Waals surface area contributed by atoms with Crippen LogP contribution in [0.3, 0.4) is 0 Å². The van der Waals surface area contributed by atoms with Crippen LogP contribution < -0.4 is 4.74 Å². The van der Waals surface area contributed by atoms with Crippen LogP contribution in [0.15, 0.2) is 72.2 Å². The van der Waals surface area contributed by atoms with Crippen molar-refractivity contribution in [3.63, 3.8) is 0 Å². The minimum absolute atomic E-state index is 0.287. The molecule has 30 heavy (non-hydrogen) atoms. The lowest BCUT2D eigenvalue weighted by atomic mass is 10.00. The van der Waals surface area contributed by atoms with E-state index in [1.54, 1.807) is 11.3 Å². The summed E-state index contributed by atoms with van der Waals surface area (Å²) in [5.41, 5.74) is 7.93. The van der Waals surface area contributed by atoms with E-state index < -0.39 is 6.10 Å². The second-order valence-electron chi connectivity index (χ2n) is 7.78. The van der Waals surface area contributed by atoms with E-state index >= 15 is 0 Å². The molecule has 0 saturated heterocycles. The SMILES string of the molecule is OC(COc1cccc(-c2ccc3ncsc3c2)c1)CN1CCc2ccccc2C1. The number of aliphatic hydroxyl groups excluding tert-OH is 1. The molecule has 0 fully saturated rings. The van der Waals surface area contributed by atoms with E-state index in [2.05, 4.69) is 58.4 Å². The molecule has 2 heterocycles. The molecular weight excluding hydrogens is 392 g/mol. The molecule has 4 nitrogen and oxygen atoms in total. The number of benzene rings is 3. The van der Waals surface area contributed by atoms with Gasteiger partial charge >= 0.3 is 0 Å². The van der Waals surface area contributed by atoms with Crippen LogP contribution in [-0.4, -0.2) is 40.8 Å². The summed E-state index contributed by atoms with van der Waals surface area (Å²) in [5.74, 6) is 0.778. The van der Waals surface area contributed by atoms with Crippen molar-refractivity contribution < 1.29 is 9.84 Å². The Labute approximate surface area is 180 Å². The van der Waals surface area contributed by atoms with Crippen molar-refractivity contribution in [1.82, 2.24) is 9.88 Å². The van der Waals surface area contributed by atoms with E-state index in [0.717, 1.165) is 41.9 Å². The number of aliphatic hydroxyl groups is 1. The molecule has 1 N–H and O–H groups in total. The van der Waals surface area contributed by atoms with Gasteiger partial charge in [0.1, 0.15) is 18.5 Å². The molecule has 5 heteroatoms. The van der Waals surface area contributed by atoms with Gasteiger partial charge < -0.3 is 9.84 Å². The molecular formula is C25H24N2O2S. The van der Waals surface area contributed by atoms with Crippen molar-refractivity contribution in [2.24, 2.45) is 0 Å². The van der Waals surface area contributed by atoms with E-state index in [1.165, 1.54) is 15.8 Å². The number of aromatic nitrogens is 1. The lowest BCUT2D eigenvalue weighted by Crippen LogP contribution is -2.38. The molecule has 0 spiro atoms. The summed E-state index contributed by atoms with van der Waals surface area (Å²) in [6.07, 6.45) is 0.517. The monoisotopic (exact) mass is 416 g/mol. The van der Waals surface area contributed by atoms with E-state index in [9.17, 15) is 5.11 Å². The van der Waals surface area contributed by atoms with Gasteiger partial charge in [0, 0.05) is 19.6 Å². The number of thiazole rings is 1. The van der Waals surface area contributed by atoms with Gasteiger partial charge in [0.2, 0.25) is 0 Å². The lowest BCUT2D eigenvalue weighted by molar-refractivity contribution is 0.0638. The minimum Gasteiger partial charge on any atom is -0.491 e. The van der Waals surface area contributed by atoms with Crippen LogP contribution in [0.1, 0.15) is 11.1 Å². The van der Waals surface area contributed by atoms with Crippen molar-refractivity contribution in [1.29, 1.82) is 0 Å². The van der Waals surface area contributed by atoms with Crippen molar-refractivity contribution in [2.75, 3.05) is 19.7 Å². The minimum atomic E-state index is -0.521. The zero-order chi connectivity index (χ0) is 20.3. The molecule has 1 unspecified atom stereocenters. The largest absolute Gasteiger partial charge is 0.491 e. The third kappa shape index (κ3) is 4.24. The number of ether oxygens (including phenoxy) is 1. The highest BCUT2D eigenvalue weighted by atomic mass is 32.1. The van der Waals surface area contributed by atoms with Gasteiger partial charge in [0.15, 0.2) is 0 Å². The fourth-order valence-corrected chi connectivity index (χ4v) is 4.77. The smallest absolute Gasteiger partial charge is 0.120 e. The van der Waals surface area contributed by atoms with Crippen LogP contribution in [-0.2, 0) is 13.0 Å². The topological polar surface area (TPSA) is 45.6 Å². The summed E-state index contributed by atoms with van der Waals surface area (Å²) in [4.78, 5) is 6.64. The van der Waals surface area contributed by atoms with Crippen molar-refractivity contribution >= 4 is 21.6 Å². The van der Waals surface area contributed by atoms with Gasteiger partial charge in [-0.15, -0.1) is 11.3 Å².